The van der Waals surface area contributed by atoms with Crippen LogP contribution in [0.3, 0.4) is 0 Å². The molecule has 2 N–H and O–H groups in total. The molecule has 0 radical (unpaired) electrons. The van der Waals surface area contributed by atoms with Gasteiger partial charge in [0.2, 0.25) is 0 Å². The quantitative estimate of drug-likeness (QED) is 0.550. The summed E-state index contributed by atoms with van der Waals surface area (Å²) in [6.45, 7) is 3.37. The van der Waals surface area contributed by atoms with Gasteiger partial charge in [-0.15, -0.1) is 0 Å². The van der Waals surface area contributed by atoms with Crippen LogP contribution in [0.15, 0.2) is 47.1 Å². The number of aryl methyl sites for hydroxylation is 1. The first-order chi connectivity index (χ1) is 14.9. The van der Waals surface area contributed by atoms with Crippen molar-refractivity contribution in [2.75, 3.05) is 28.6 Å². The second kappa shape index (κ2) is 8.77. The summed E-state index contributed by atoms with van der Waals surface area (Å²) < 4.78 is 19.3. The van der Waals surface area contributed by atoms with E-state index in [9.17, 15) is 14.0 Å². The van der Waals surface area contributed by atoms with Crippen molar-refractivity contribution >= 4 is 40.6 Å². The van der Waals surface area contributed by atoms with Crippen molar-refractivity contribution in [1.82, 2.24) is 4.98 Å². The highest BCUT2D eigenvalue weighted by Gasteiger charge is 2.18. The van der Waals surface area contributed by atoms with Crippen LogP contribution in [0.2, 0.25) is 5.15 Å². The summed E-state index contributed by atoms with van der Waals surface area (Å²) >= 11 is 6.12. The van der Waals surface area contributed by atoms with E-state index >= 15 is 0 Å². The Morgan fingerprint density at radius 3 is 2.58 bits per heavy atom. The summed E-state index contributed by atoms with van der Waals surface area (Å²) in [4.78, 5) is 31.5. The monoisotopic (exact) mass is 442 g/mol. The summed E-state index contributed by atoms with van der Waals surface area (Å²) in [5.41, 5.74) is 0.899. The second-order valence-electron chi connectivity index (χ2n) is 7.22. The van der Waals surface area contributed by atoms with Crippen molar-refractivity contribution in [3.05, 3.63) is 70.5 Å². The van der Waals surface area contributed by atoms with Crippen LogP contribution in [0.4, 0.5) is 21.6 Å². The number of pyridine rings is 1. The summed E-state index contributed by atoms with van der Waals surface area (Å²) in [6, 6.07) is 8.59. The average Bonchev–Trinajstić information content (AvgIpc) is 3.42. The van der Waals surface area contributed by atoms with Crippen LogP contribution < -0.4 is 15.5 Å². The largest absolute Gasteiger partial charge is 0.469 e. The van der Waals surface area contributed by atoms with Crippen molar-refractivity contribution in [2.45, 2.75) is 19.8 Å². The molecule has 0 saturated carbocycles. The maximum absolute atomic E-state index is 14.2. The zero-order valence-electron chi connectivity index (χ0n) is 16.7. The third kappa shape index (κ3) is 4.69. The maximum Gasteiger partial charge on any atom is 0.259 e. The van der Waals surface area contributed by atoms with E-state index in [0.29, 0.717) is 28.4 Å². The van der Waals surface area contributed by atoms with Crippen LogP contribution in [0.5, 0.6) is 0 Å². The molecule has 0 unspecified atom stereocenters. The van der Waals surface area contributed by atoms with Crippen LogP contribution in [-0.4, -0.2) is 29.9 Å². The normalized spacial score (nSPS) is 13.3. The Hall–Kier alpha value is -3.39. The summed E-state index contributed by atoms with van der Waals surface area (Å²) in [6.07, 6.45) is 3.52. The minimum absolute atomic E-state index is 0.0612. The molecule has 0 spiro atoms. The highest BCUT2D eigenvalue weighted by Crippen LogP contribution is 2.25. The number of rotatable bonds is 5. The smallest absolute Gasteiger partial charge is 0.259 e. The molecule has 0 bridgehead atoms. The Bertz CT molecular complexity index is 1140. The molecule has 2 amide bonds. The molecule has 160 valence electrons. The number of nitrogens with zero attached hydrogens (tertiary/aromatic N) is 2. The van der Waals surface area contributed by atoms with E-state index in [2.05, 4.69) is 20.5 Å². The molecule has 4 rings (SSSR count). The number of aromatic nitrogens is 1. The summed E-state index contributed by atoms with van der Waals surface area (Å²) in [5.74, 6) is -0.483. The van der Waals surface area contributed by atoms with E-state index in [-0.39, 0.29) is 10.8 Å². The van der Waals surface area contributed by atoms with Crippen molar-refractivity contribution < 1.29 is 18.4 Å². The third-order valence-electron chi connectivity index (χ3n) is 5.05. The number of furan rings is 1. The molecular formula is C22H20ClFN4O3. The van der Waals surface area contributed by atoms with Crippen molar-refractivity contribution in [1.29, 1.82) is 0 Å². The first-order valence-electron chi connectivity index (χ1n) is 9.79. The van der Waals surface area contributed by atoms with Gasteiger partial charge >= 0.3 is 0 Å². The molecule has 1 fully saturated rings. The van der Waals surface area contributed by atoms with E-state index in [4.69, 9.17) is 16.0 Å². The Balaban J connectivity index is 1.52. The van der Waals surface area contributed by atoms with Crippen LogP contribution in [0.1, 0.15) is 39.3 Å². The van der Waals surface area contributed by atoms with Crippen LogP contribution >= 0.6 is 11.6 Å². The first kappa shape index (κ1) is 20.9. The molecule has 1 aromatic carbocycles. The predicted octanol–water partition coefficient (Wildman–Crippen LogP) is 4.88. The lowest BCUT2D eigenvalue weighted by atomic mass is 10.2. The number of carbonyl (C=O) groups excluding carboxylic acids is 2. The Kier molecular flexibility index (Phi) is 5.90. The highest BCUT2D eigenvalue weighted by molar-refractivity contribution is 6.30. The first-order valence-corrected chi connectivity index (χ1v) is 10.2. The van der Waals surface area contributed by atoms with Crippen molar-refractivity contribution in [3.63, 3.8) is 0 Å². The number of hydrogen-bond acceptors (Lipinski definition) is 5. The Morgan fingerprint density at radius 1 is 1.10 bits per heavy atom. The lowest BCUT2D eigenvalue weighted by Gasteiger charge is -2.17. The predicted molar refractivity (Wildman–Crippen MR) is 116 cm³/mol. The summed E-state index contributed by atoms with van der Waals surface area (Å²) in [7, 11) is 0. The zero-order chi connectivity index (χ0) is 22.0. The molecule has 0 atom stereocenters. The van der Waals surface area contributed by atoms with E-state index in [1.54, 1.807) is 13.0 Å². The number of amides is 2. The van der Waals surface area contributed by atoms with Crippen LogP contribution in [-0.2, 0) is 0 Å². The molecule has 0 aliphatic carbocycles. The number of carbonyl (C=O) groups is 2. The van der Waals surface area contributed by atoms with Gasteiger partial charge in [-0.2, -0.15) is 0 Å². The summed E-state index contributed by atoms with van der Waals surface area (Å²) in [5, 5.41) is 5.43. The van der Waals surface area contributed by atoms with Gasteiger partial charge in [0.25, 0.3) is 11.8 Å². The molecule has 9 heteroatoms. The lowest BCUT2D eigenvalue weighted by Crippen LogP contribution is -2.20. The molecule has 1 aliphatic rings. The molecule has 7 nitrogen and oxygen atoms in total. The Labute approximate surface area is 183 Å². The molecular weight excluding hydrogens is 423 g/mol. The standard InChI is InChI=1S/C22H20ClFN4O3/c1-13-16(6-9-31-13)22(30)26-18-12-15(4-5-17(18)24)25-21(29)14-10-19(23)27-20(11-14)28-7-2-3-8-28/h4-6,9-12H,2-3,7-8H2,1H3,(H,25,29)(H,26,30). The fourth-order valence-corrected chi connectivity index (χ4v) is 3.64. The van der Waals surface area contributed by atoms with E-state index in [0.717, 1.165) is 25.9 Å². The molecule has 1 saturated heterocycles. The molecule has 2 aromatic heterocycles. The lowest BCUT2D eigenvalue weighted by molar-refractivity contribution is 0.101. The Morgan fingerprint density at radius 2 is 1.87 bits per heavy atom. The number of hydrogen-bond donors (Lipinski definition) is 2. The third-order valence-corrected chi connectivity index (χ3v) is 5.24. The van der Waals surface area contributed by atoms with Gasteiger partial charge in [-0.05, 0) is 56.2 Å². The van der Waals surface area contributed by atoms with E-state index in [1.165, 1.54) is 36.6 Å². The van der Waals surface area contributed by atoms with E-state index in [1.807, 2.05) is 0 Å². The zero-order valence-corrected chi connectivity index (χ0v) is 17.5. The molecule has 31 heavy (non-hydrogen) atoms. The van der Waals surface area contributed by atoms with Gasteiger partial charge in [0.05, 0.1) is 17.5 Å². The van der Waals surface area contributed by atoms with E-state index < -0.39 is 17.6 Å². The maximum atomic E-state index is 14.2. The fourth-order valence-electron chi connectivity index (χ4n) is 3.43. The van der Waals surface area contributed by atoms with Crippen molar-refractivity contribution in [2.24, 2.45) is 0 Å². The van der Waals surface area contributed by atoms with Gasteiger partial charge in [0.15, 0.2) is 0 Å². The van der Waals surface area contributed by atoms with Crippen LogP contribution in [0, 0.1) is 12.7 Å². The molecule has 3 heterocycles. The number of anilines is 3. The highest BCUT2D eigenvalue weighted by atomic mass is 35.5. The van der Waals surface area contributed by atoms with Gasteiger partial charge in [-0.25, -0.2) is 9.37 Å². The number of benzene rings is 1. The average molecular weight is 443 g/mol. The van der Waals surface area contributed by atoms with Gasteiger partial charge < -0.3 is 20.0 Å². The van der Waals surface area contributed by atoms with Gasteiger partial charge in [0.1, 0.15) is 22.5 Å². The SMILES string of the molecule is Cc1occc1C(=O)Nc1cc(NC(=O)c2cc(Cl)nc(N3CCCC3)c2)ccc1F. The van der Waals surface area contributed by atoms with Gasteiger partial charge in [-0.3, -0.25) is 9.59 Å². The minimum atomic E-state index is -0.629. The van der Waals surface area contributed by atoms with Gasteiger partial charge in [0, 0.05) is 24.3 Å². The molecule has 1 aliphatic heterocycles. The van der Waals surface area contributed by atoms with Crippen molar-refractivity contribution in [3.8, 4) is 0 Å². The minimum Gasteiger partial charge on any atom is -0.469 e. The topological polar surface area (TPSA) is 87.5 Å². The van der Waals surface area contributed by atoms with Gasteiger partial charge in [-0.1, -0.05) is 11.6 Å². The molecule has 3 aromatic rings. The van der Waals surface area contributed by atoms with Crippen LogP contribution in [0.25, 0.3) is 0 Å². The number of nitrogens with one attached hydrogen (secondary N) is 2. The second-order valence-corrected chi connectivity index (χ2v) is 7.61. The number of halogens is 2. The fraction of sp³-hybridized carbons (Fsp3) is 0.227.